The largest absolute Gasteiger partial charge is 0.302 e. The van der Waals surface area contributed by atoms with E-state index in [0.717, 1.165) is 22.4 Å². The van der Waals surface area contributed by atoms with Crippen molar-refractivity contribution in [1.82, 2.24) is 4.98 Å². The summed E-state index contributed by atoms with van der Waals surface area (Å²) in [5.41, 5.74) is 6.72. The van der Waals surface area contributed by atoms with Crippen molar-refractivity contribution in [1.29, 1.82) is 0 Å². The molecular formula is C26H24N2OS. The highest BCUT2D eigenvalue weighted by Crippen LogP contribution is 2.30. The number of carbonyl (C=O) groups is 1. The maximum absolute atomic E-state index is 12.9. The van der Waals surface area contributed by atoms with Gasteiger partial charge in [0.15, 0.2) is 5.13 Å². The Balaban J connectivity index is 1.50. The van der Waals surface area contributed by atoms with E-state index in [1.165, 1.54) is 22.5 Å². The number of amides is 1. The Hall–Kier alpha value is -3.24. The number of aryl methyl sites for hydroxylation is 2. The average molecular weight is 413 g/mol. The van der Waals surface area contributed by atoms with Crippen molar-refractivity contribution in [3.8, 4) is 11.3 Å². The Bertz CT molecular complexity index is 1100. The molecule has 0 aliphatic heterocycles. The lowest BCUT2D eigenvalue weighted by atomic mass is 9.88. The lowest BCUT2D eigenvalue weighted by molar-refractivity contribution is -0.116. The topological polar surface area (TPSA) is 42.0 Å². The molecule has 3 aromatic carbocycles. The molecule has 0 atom stereocenters. The lowest BCUT2D eigenvalue weighted by Gasteiger charge is -2.17. The summed E-state index contributed by atoms with van der Waals surface area (Å²) in [6.45, 7) is 4.20. The Labute approximate surface area is 181 Å². The third kappa shape index (κ3) is 4.66. The molecule has 0 fully saturated rings. The van der Waals surface area contributed by atoms with Crippen LogP contribution >= 0.6 is 11.3 Å². The van der Waals surface area contributed by atoms with E-state index in [4.69, 9.17) is 0 Å². The van der Waals surface area contributed by atoms with Gasteiger partial charge in [0.05, 0.1) is 5.69 Å². The van der Waals surface area contributed by atoms with E-state index in [-0.39, 0.29) is 11.8 Å². The van der Waals surface area contributed by atoms with Gasteiger partial charge >= 0.3 is 0 Å². The molecule has 1 heterocycles. The minimum absolute atomic E-state index is 0.00609. The summed E-state index contributed by atoms with van der Waals surface area (Å²) in [5, 5.41) is 5.62. The molecule has 0 unspecified atom stereocenters. The number of hydrogen-bond donors (Lipinski definition) is 1. The number of rotatable bonds is 6. The average Bonchev–Trinajstić information content (AvgIpc) is 3.23. The zero-order valence-corrected chi connectivity index (χ0v) is 17.9. The summed E-state index contributed by atoms with van der Waals surface area (Å²) in [4.78, 5) is 17.5. The van der Waals surface area contributed by atoms with Crippen molar-refractivity contribution in [3.63, 3.8) is 0 Å². The summed E-state index contributed by atoms with van der Waals surface area (Å²) < 4.78 is 0. The molecule has 1 aromatic heterocycles. The van der Waals surface area contributed by atoms with Crippen molar-refractivity contribution in [2.75, 3.05) is 5.32 Å². The van der Waals surface area contributed by atoms with Gasteiger partial charge in [0, 0.05) is 23.3 Å². The molecule has 30 heavy (non-hydrogen) atoms. The molecule has 0 saturated carbocycles. The number of carbonyl (C=O) groups excluding carboxylic acids is 1. The monoisotopic (exact) mass is 412 g/mol. The van der Waals surface area contributed by atoms with Crippen molar-refractivity contribution in [2.24, 2.45) is 0 Å². The van der Waals surface area contributed by atoms with Crippen LogP contribution in [-0.4, -0.2) is 10.9 Å². The smallest absolute Gasteiger partial charge is 0.227 e. The van der Waals surface area contributed by atoms with Crippen LogP contribution < -0.4 is 5.32 Å². The third-order valence-corrected chi connectivity index (χ3v) is 6.10. The van der Waals surface area contributed by atoms with Gasteiger partial charge in [-0.15, -0.1) is 11.3 Å². The van der Waals surface area contributed by atoms with Gasteiger partial charge in [0.1, 0.15) is 0 Å². The third-order valence-electron chi connectivity index (χ3n) is 5.35. The Kier molecular flexibility index (Phi) is 6.05. The van der Waals surface area contributed by atoms with Crippen LogP contribution in [0.5, 0.6) is 0 Å². The van der Waals surface area contributed by atoms with Crippen molar-refractivity contribution >= 4 is 22.4 Å². The van der Waals surface area contributed by atoms with Gasteiger partial charge < -0.3 is 5.32 Å². The Morgan fingerprint density at radius 1 is 0.900 bits per heavy atom. The summed E-state index contributed by atoms with van der Waals surface area (Å²) in [7, 11) is 0. The van der Waals surface area contributed by atoms with Crippen LogP contribution in [0.4, 0.5) is 5.13 Å². The normalized spacial score (nSPS) is 10.9. The van der Waals surface area contributed by atoms with Crippen LogP contribution in [0.3, 0.4) is 0 Å². The summed E-state index contributed by atoms with van der Waals surface area (Å²) in [6, 6.07) is 26.7. The van der Waals surface area contributed by atoms with Crippen LogP contribution in [0.15, 0.2) is 84.2 Å². The summed E-state index contributed by atoms with van der Waals surface area (Å²) in [6.07, 6.45) is 0.368. The first kappa shape index (κ1) is 20.0. The Morgan fingerprint density at radius 3 is 2.13 bits per heavy atom. The second kappa shape index (κ2) is 9.06. The van der Waals surface area contributed by atoms with Crippen LogP contribution in [-0.2, 0) is 4.79 Å². The van der Waals surface area contributed by atoms with E-state index < -0.39 is 0 Å². The maximum atomic E-state index is 12.9. The van der Waals surface area contributed by atoms with E-state index in [2.05, 4.69) is 66.6 Å². The van der Waals surface area contributed by atoms with Crippen LogP contribution in [0.25, 0.3) is 11.3 Å². The number of thiazole rings is 1. The predicted octanol–water partition coefficient (Wildman–Crippen LogP) is 6.59. The van der Waals surface area contributed by atoms with Gasteiger partial charge in [-0.3, -0.25) is 4.79 Å². The highest BCUT2D eigenvalue weighted by molar-refractivity contribution is 7.14. The van der Waals surface area contributed by atoms with Gasteiger partial charge in [-0.25, -0.2) is 4.98 Å². The minimum Gasteiger partial charge on any atom is -0.302 e. The van der Waals surface area contributed by atoms with Gasteiger partial charge in [0.2, 0.25) is 5.91 Å². The highest BCUT2D eigenvalue weighted by atomic mass is 32.1. The van der Waals surface area contributed by atoms with Gasteiger partial charge in [-0.1, -0.05) is 72.8 Å². The van der Waals surface area contributed by atoms with Crippen LogP contribution in [0, 0.1) is 13.8 Å². The minimum atomic E-state index is -0.0336. The molecule has 0 saturated heterocycles. The van der Waals surface area contributed by atoms with Crippen molar-refractivity contribution in [3.05, 3.63) is 106 Å². The van der Waals surface area contributed by atoms with E-state index in [1.807, 2.05) is 41.8 Å². The number of anilines is 1. The SMILES string of the molecule is Cc1ccc(-c2csc(NC(=O)CC(c3ccccc3)c3ccccc3)n2)cc1C. The fraction of sp³-hybridized carbons (Fsp3) is 0.154. The number of aromatic nitrogens is 1. The molecule has 1 amide bonds. The summed E-state index contributed by atoms with van der Waals surface area (Å²) >= 11 is 1.46. The van der Waals surface area contributed by atoms with Gasteiger partial charge in [-0.05, 0) is 42.2 Å². The predicted molar refractivity (Wildman–Crippen MR) is 125 cm³/mol. The maximum Gasteiger partial charge on any atom is 0.227 e. The quantitative estimate of drug-likeness (QED) is 0.388. The molecule has 4 aromatic rings. The first-order chi connectivity index (χ1) is 14.6. The first-order valence-electron chi connectivity index (χ1n) is 10.0. The summed E-state index contributed by atoms with van der Waals surface area (Å²) in [5.74, 6) is -0.0275. The molecule has 0 aliphatic rings. The molecule has 3 nitrogen and oxygen atoms in total. The fourth-order valence-corrected chi connectivity index (χ4v) is 4.25. The molecule has 1 N–H and O–H groups in total. The number of nitrogens with zero attached hydrogens (tertiary/aromatic N) is 1. The van der Waals surface area contributed by atoms with Gasteiger partial charge in [0.25, 0.3) is 0 Å². The van der Waals surface area contributed by atoms with Crippen molar-refractivity contribution in [2.45, 2.75) is 26.2 Å². The lowest BCUT2D eigenvalue weighted by Crippen LogP contribution is -2.16. The molecule has 4 heteroatoms. The molecular weight excluding hydrogens is 388 g/mol. The number of benzene rings is 3. The molecule has 0 spiro atoms. The van der Waals surface area contributed by atoms with E-state index in [0.29, 0.717) is 11.6 Å². The number of nitrogens with one attached hydrogen (secondary N) is 1. The van der Waals surface area contributed by atoms with Crippen LogP contribution in [0.1, 0.15) is 34.6 Å². The zero-order chi connectivity index (χ0) is 20.9. The van der Waals surface area contributed by atoms with Crippen molar-refractivity contribution < 1.29 is 4.79 Å². The molecule has 0 bridgehead atoms. The molecule has 0 radical (unpaired) electrons. The van der Waals surface area contributed by atoms with Gasteiger partial charge in [-0.2, -0.15) is 0 Å². The zero-order valence-electron chi connectivity index (χ0n) is 17.1. The standard InChI is InChI=1S/C26H24N2OS/c1-18-13-14-22(15-19(18)2)24-17-30-26(27-24)28-25(29)16-23(20-9-5-3-6-10-20)21-11-7-4-8-12-21/h3-15,17,23H,16H2,1-2H3,(H,27,28,29). The van der Waals surface area contributed by atoms with E-state index in [1.54, 1.807) is 0 Å². The first-order valence-corrected chi connectivity index (χ1v) is 10.9. The van der Waals surface area contributed by atoms with E-state index in [9.17, 15) is 4.79 Å². The number of hydrogen-bond acceptors (Lipinski definition) is 3. The second-order valence-corrected chi connectivity index (χ2v) is 8.32. The fourth-order valence-electron chi connectivity index (χ4n) is 3.52. The molecule has 0 aliphatic carbocycles. The second-order valence-electron chi connectivity index (χ2n) is 7.46. The Morgan fingerprint density at radius 2 is 1.53 bits per heavy atom. The molecule has 4 rings (SSSR count). The van der Waals surface area contributed by atoms with E-state index >= 15 is 0 Å². The molecule has 150 valence electrons. The highest BCUT2D eigenvalue weighted by Gasteiger charge is 2.19. The van der Waals surface area contributed by atoms with Crippen LogP contribution in [0.2, 0.25) is 0 Å².